The van der Waals surface area contributed by atoms with Crippen molar-refractivity contribution in [1.29, 1.82) is 5.26 Å². The molecule has 6 heteroatoms. The lowest BCUT2D eigenvalue weighted by atomic mass is 10.2. The number of ether oxygens (including phenoxy) is 2. The number of aromatic nitrogens is 2. The van der Waals surface area contributed by atoms with Crippen molar-refractivity contribution in [1.82, 2.24) is 14.9 Å². The second-order valence-corrected chi connectivity index (χ2v) is 3.56. The highest BCUT2D eigenvalue weighted by molar-refractivity contribution is 5.12. The van der Waals surface area contributed by atoms with Crippen LogP contribution < -0.4 is 0 Å². The number of rotatable bonds is 8. The highest BCUT2D eigenvalue weighted by atomic mass is 16.5. The molecule has 0 aliphatic rings. The van der Waals surface area contributed by atoms with Gasteiger partial charge in [0.15, 0.2) is 0 Å². The fourth-order valence-corrected chi connectivity index (χ4v) is 1.55. The Morgan fingerprint density at radius 1 is 1.41 bits per heavy atom. The maximum atomic E-state index is 9.25. The molecule has 0 saturated carbocycles. The molecule has 94 valence electrons. The van der Waals surface area contributed by atoms with Crippen molar-refractivity contribution >= 4 is 0 Å². The van der Waals surface area contributed by atoms with Crippen LogP contribution in [0.2, 0.25) is 0 Å². The quantitative estimate of drug-likeness (QED) is 0.716. The normalized spacial score (nSPS) is 12.6. The standard InChI is InChI=1S/C11H18N4O2/c1-16-5-3-15(4-6-17-2)11(7-12)10-8-13-9-14-10/h8-9,11H,3-6H2,1-2H3,(H,13,14). The molecule has 1 aromatic rings. The van der Waals surface area contributed by atoms with Gasteiger partial charge in [-0.05, 0) is 0 Å². The molecule has 1 unspecified atom stereocenters. The Morgan fingerprint density at radius 2 is 2.06 bits per heavy atom. The van der Waals surface area contributed by atoms with E-state index in [2.05, 4.69) is 16.0 Å². The fourth-order valence-electron chi connectivity index (χ4n) is 1.55. The summed E-state index contributed by atoms with van der Waals surface area (Å²) < 4.78 is 10.1. The van der Waals surface area contributed by atoms with E-state index in [1.165, 1.54) is 0 Å². The highest BCUT2D eigenvalue weighted by Crippen LogP contribution is 2.16. The van der Waals surface area contributed by atoms with E-state index in [4.69, 9.17) is 9.47 Å². The molecular formula is C11H18N4O2. The van der Waals surface area contributed by atoms with E-state index in [1.54, 1.807) is 26.7 Å². The predicted octanol–water partition coefficient (Wildman–Crippen LogP) is 0.569. The Kier molecular flexibility index (Phi) is 6.25. The first-order chi connectivity index (χ1) is 8.33. The van der Waals surface area contributed by atoms with Gasteiger partial charge in [-0.3, -0.25) is 4.90 Å². The van der Waals surface area contributed by atoms with Crippen molar-refractivity contribution < 1.29 is 9.47 Å². The number of nitrogens with zero attached hydrogens (tertiary/aromatic N) is 3. The summed E-state index contributed by atoms with van der Waals surface area (Å²) in [6.45, 7) is 2.51. The first-order valence-electron chi connectivity index (χ1n) is 5.43. The Labute approximate surface area is 101 Å². The lowest BCUT2D eigenvalue weighted by Crippen LogP contribution is -2.34. The van der Waals surface area contributed by atoms with Gasteiger partial charge in [0, 0.05) is 27.3 Å². The molecule has 1 N–H and O–H groups in total. The van der Waals surface area contributed by atoms with Crippen LogP contribution in [-0.2, 0) is 9.47 Å². The topological polar surface area (TPSA) is 74.2 Å². The van der Waals surface area contributed by atoms with Gasteiger partial charge in [-0.25, -0.2) is 4.98 Å². The minimum atomic E-state index is -0.345. The third-order valence-electron chi connectivity index (χ3n) is 2.47. The van der Waals surface area contributed by atoms with Crippen LogP contribution in [0.15, 0.2) is 12.5 Å². The molecule has 6 nitrogen and oxygen atoms in total. The second kappa shape index (κ2) is 7.79. The molecule has 0 aliphatic carbocycles. The summed E-state index contributed by atoms with van der Waals surface area (Å²) in [5.41, 5.74) is 0.791. The lowest BCUT2D eigenvalue weighted by molar-refractivity contribution is 0.0999. The Bertz CT molecular complexity index is 326. The third kappa shape index (κ3) is 4.15. The fraction of sp³-hybridized carbons (Fsp3) is 0.636. The van der Waals surface area contributed by atoms with Gasteiger partial charge < -0.3 is 14.5 Å². The van der Waals surface area contributed by atoms with E-state index < -0.39 is 0 Å². The summed E-state index contributed by atoms with van der Waals surface area (Å²) in [4.78, 5) is 8.90. The van der Waals surface area contributed by atoms with E-state index in [9.17, 15) is 5.26 Å². The van der Waals surface area contributed by atoms with Crippen molar-refractivity contribution in [2.75, 3.05) is 40.5 Å². The third-order valence-corrected chi connectivity index (χ3v) is 2.47. The van der Waals surface area contributed by atoms with Gasteiger partial charge >= 0.3 is 0 Å². The lowest BCUT2D eigenvalue weighted by Gasteiger charge is -2.25. The average molecular weight is 238 g/mol. The molecule has 17 heavy (non-hydrogen) atoms. The minimum Gasteiger partial charge on any atom is -0.383 e. The van der Waals surface area contributed by atoms with Crippen LogP contribution in [0.4, 0.5) is 0 Å². The summed E-state index contributed by atoms with van der Waals surface area (Å²) in [5, 5.41) is 9.25. The molecule has 0 amide bonds. The molecule has 1 rings (SSSR count). The summed E-state index contributed by atoms with van der Waals surface area (Å²) >= 11 is 0. The zero-order valence-corrected chi connectivity index (χ0v) is 10.2. The van der Waals surface area contributed by atoms with Crippen LogP contribution in [0.1, 0.15) is 11.7 Å². The summed E-state index contributed by atoms with van der Waals surface area (Å²) in [5.74, 6) is 0. The number of imidazole rings is 1. The van der Waals surface area contributed by atoms with Crippen LogP contribution in [0.3, 0.4) is 0 Å². The Balaban J connectivity index is 2.68. The number of aromatic amines is 1. The Morgan fingerprint density at radius 3 is 2.47 bits per heavy atom. The predicted molar refractivity (Wildman–Crippen MR) is 62.3 cm³/mol. The molecule has 0 fully saturated rings. The minimum absolute atomic E-state index is 0.345. The molecule has 1 aromatic heterocycles. The van der Waals surface area contributed by atoms with E-state index in [-0.39, 0.29) is 6.04 Å². The first kappa shape index (κ1) is 13.6. The largest absolute Gasteiger partial charge is 0.383 e. The maximum Gasteiger partial charge on any atom is 0.140 e. The van der Waals surface area contributed by atoms with Crippen molar-refractivity contribution in [3.8, 4) is 6.07 Å². The molecule has 1 atom stereocenters. The van der Waals surface area contributed by atoms with Gasteiger partial charge in [0.25, 0.3) is 0 Å². The summed E-state index contributed by atoms with van der Waals surface area (Å²) in [6, 6.07) is 1.92. The molecule has 0 aliphatic heterocycles. The Hall–Kier alpha value is -1.42. The van der Waals surface area contributed by atoms with Gasteiger partial charge in [-0.15, -0.1) is 0 Å². The van der Waals surface area contributed by atoms with Crippen LogP contribution >= 0.6 is 0 Å². The molecule has 0 bridgehead atoms. The summed E-state index contributed by atoms with van der Waals surface area (Å²) in [7, 11) is 3.29. The van der Waals surface area contributed by atoms with E-state index in [0.717, 1.165) is 5.69 Å². The number of nitriles is 1. The molecule has 0 spiro atoms. The number of methoxy groups -OCH3 is 2. The summed E-state index contributed by atoms with van der Waals surface area (Å²) in [6.07, 6.45) is 3.24. The first-order valence-corrected chi connectivity index (χ1v) is 5.43. The van der Waals surface area contributed by atoms with Gasteiger partial charge in [0.2, 0.25) is 0 Å². The van der Waals surface area contributed by atoms with Crippen LogP contribution in [-0.4, -0.2) is 55.4 Å². The molecule has 1 heterocycles. The molecule has 0 radical (unpaired) electrons. The monoisotopic (exact) mass is 238 g/mol. The number of hydrogen-bond donors (Lipinski definition) is 1. The molecule has 0 saturated heterocycles. The molecule has 0 aromatic carbocycles. The van der Waals surface area contributed by atoms with Crippen LogP contribution in [0.5, 0.6) is 0 Å². The SMILES string of the molecule is COCCN(CCOC)C(C#N)c1cnc[nH]1. The van der Waals surface area contributed by atoms with Gasteiger partial charge in [0.05, 0.1) is 37.5 Å². The van der Waals surface area contributed by atoms with Gasteiger partial charge in [-0.2, -0.15) is 5.26 Å². The smallest absolute Gasteiger partial charge is 0.140 e. The van der Waals surface area contributed by atoms with E-state index in [1.807, 2.05) is 4.90 Å². The van der Waals surface area contributed by atoms with Crippen molar-refractivity contribution in [2.24, 2.45) is 0 Å². The van der Waals surface area contributed by atoms with E-state index in [0.29, 0.717) is 26.3 Å². The molecular weight excluding hydrogens is 220 g/mol. The van der Waals surface area contributed by atoms with Crippen LogP contribution in [0, 0.1) is 11.3 Å². The number of nitrogens with one attached hydrogen (secondary N) is 1. The van der Waals surface area contributed by atoms with Crippen molar-refractivity contribution in [3.63, 3.8) is 0 Å². The zero-order valence-electron chi connectivity index (χ0n) is 10.2. The number of hydrogen-bond acceptors (Lipinski definition) is 5. The maximum absolute atomic E-state index is 9.25. The number of H-pyrrole nitrogens is 1. The van der Waals surface area contributed by atoms with Crippen LogP contribution in [0.25, 0.3) is 0 Å². The van der Waals surface area contributed by atoms with Crippen molar-refractivity contribution in [2.45, 2.75) is 6.04 Å². The van der Waals surface area contributed by atoms with E-state index >= 15 is 0 Å². The zero-order chi connectivity index (χ0) is 12.5. The average Bonchev–Trinajstić information content (AvgIpc) is 2.86. The van der Waals surface area contributed by atoms with Gasteiger partial charge in [-0.1, -0.05) is 0 Å². The van der Waals surface area contributed by atoms with Crippen molar-refractivity contribution in [3.05, 3.63) is 18.2 Å². The van der Waals surface area contributed by atoms with Gasteiger partial charge in [0.1, 0.15) is 6.04 Å². The second-order valence-electron chi connectivity index (χ2n) is 3.56. The highest BCUT2D eigenvalue weighted by Gasteiger charge is 2.20.